The smallest absolute Gasteiger partial charge is 0.265 e. The molecule has 1 saturated heterocycles. The van der Waals surface area contributed by atoms with Crippen LogP contribution in [0.2, 0.25) is 0 Å². The first-order valence-corrected chi connectivity index (χ1v) is 8.76. The summed E-state index contributed by atoms with van der Waals surface area (Å²) in [5.74, 6) is 0.812. The number of hydrogen-bond acceptors (Lipinski definition) is 5. The van der Waals surface area contributed by atoms with Crippen molar-refractivity contribution in [2.75, 3.05) is 30.3 Å². The molecule has 0 radical (unpaired) electrons. The lowest BCUT2D eigenvalue weighted by Crippen LogP contribution is -2.29. The highest BCUT2D eigenvalue weighted by atomic mass is 32.1. The van der Waals surface area contributed by atoms with Gasteiger partial charge in [-0.15, -0.1) is 0 Å². The Balaban J connectivity index is 1.99. The third kappa shape index (κ3) is 4.09. The average molecular weight is 310 g/mol. The normalized spacial score (nSPS) is 15.5. The van der Waals surface area contributed by atoms with Crippen LogP contribution in [-0.2, 0) is 0 Å². The van der Waals surface area contributed by atoms with Crippen molar-refractivity contribution in [2.24, 2.45) is 5.92 Å². The largest absolute Gasteiger partial charge is 0.382 e. The molecule has 0 aromatic carbocycles. The van der Waals surface area contributed by atoms with E-state index in [1.165, 1.54) is 30.6 Å². The molecule has 1 amide bonds. The summed E-state index contributed by atoms with van der Waals surface area (Å²) in [6, 6.07) is 0. The molecular weight excluding hydrogens is 284 g/mol. The summed E-state index contributed by atoms with van der Waals surface area (Å²) in [4.78, 5) is 19.4. The molecule has 0 aliphatic carbocycles. The number of nitrogen functional groups attached to an aromatic ring is 1. The van der Waals surface area contributed by atoms with Crippen LogP contribution in [-0.4, -0.2) is 30.5 Å². The summed E-state index contributed by atoms with van der Waals surface area (Å²) in [6.45, 7) is 7.04. The molecule has 1 aliphatic rings. The lowest BCUT2D eigenvalue weighted by molar-refractivity contribution is 0.0951. The van der Waals surface area contributed by atoms with Gasteiger partial charge in [-0.1, -0.05) is 38.0 Å². The van der Waals surface area contributed by atoms with Crippen LogP contribution in [0, 0.1) is 5.92 Å². The van der Waals surface area contributed by atoms with E-state index in [0.717, 1.165) is 31.1 Å². The Morgan fingerprint density at radius 1 is 1.33 bits per heavy atom. The van der Waals surface area contributed by atoms with Gasteiger partial charge < -0.3 is 16.0 Å². The van der Waals surface area contributed by atoms with Crippen molar-refractivity contribution >= 4 is 28.2 Å². The van der Waals surface area contributed by atoms with Gasteiger partial charge in [-0.05, 0) is 25.2 Å². The van der Waals surface area contributed by atoms with Crippen LogP contribution in [0.5, 0.6) is 0 Å². The number of amides is 1. The quantitative estimate of drug-likeness (QED) is 0.847. The van der Waals surface area contributed by atoms with E-state index in [2.05, 4.69) is 29.0 Å². The maximum absolute atomic E-state index is 12.3. The predicted molar refractivity (Wildman–Crippen MR) is 89.0 cm³/mol. The molecule has 0 saturated carbocycles. The van der Waals surface area contributed by atoms with Gasteiger partial charge in [0, 0.05) is 19.6 Å². The Morgan fingerprint density at radius 2 is 2.00 bits per heavy atom. The first-order chi connectivity index (χ1) is 10.2. The van der Waals surface area contributed by atoms with Crippen LogP contribution in [0.25, 0.3) is 0 Å². The molecule has 0 atom stereocenters. The van der Waals surface area contributed by atoms with E-state index in [4.69, 9.17) is 5.73 Å². The van der Waals surface area contributed by atoms with Gasteiger partial charge in [0.25, 0.3) is 5.91 Å². The Morgan fingerprint density at radius 3 is 2.62 bits per heavy atom. The number of thiazole rings is 1. The van der Waals surface area contributed by atoms with Crippen molar-refractivity contribution in [3.05, 3.63) is 4.88 Å². The number of anilines is 2. The highest BCUT2D eigenvalue weighted by Gasteiger charge is 2.21. The zero-order chi connectivity index (χ0) is 15.2. The maximum Gasteiger partial charge on any atom is 0.265 e. The Labute approximate surface area is 130 Å². The van der Waals surface area contributed by atoms with Gasteiger partial charge in [0.2, 0.25) is 0 Å². The second kappa shape index (κ2) is 7.64. The number of rotatable bonds is 6. The Hall–Kier alpha value is -1.30. The molecule has 5 nitrogen and oxygen atoms in total. The lowest BCUT2D eigenvalue weighted by atomic mass is 10.0. The molecule has 0 bridgehead atoms. The highest BCUT2D eigenvalue weighted by Crippen LogP contribution is 2.29. The van der Waals surface area contributed by atoms with E-state index in [-0.39, 0.29) is 5.91 Å². The third-order valence-corrected chi connectivity index (χ3v) is 5.31. The predicted octanol–water partition coefficient (Wildman–Crippen LogP) is 2.88. The fourth-order valence-electron chi connectivity index (χ4n) is 2.60. The van der Waals surface area contributed by atoms with E-state index in [1.807, 2.05) is 0 Å². The van der Waals surface area contributed by atoms with E-state index in [1.54, 1.807) is 0 Å². The fraction of sp³-hybridized carbons (Fsp3) is 0.733. The molecule has 1 aliphatic heterocycles. The first-order valence-electron chi connectivity index (χ1n) is 7.95. The molecule has 3 N–H and O–H groups in total. The van der Waals surface area contributed by atoms with Crippen molar-refractivity contribution < 1.29 is 4.79 Å². The monoisotopic (exact) mass is 310 g/mol. The summed E-state index contributed by atoms with van der Waals surface area (Å²) >= 11 is 1.42. The Bertz CT molecular complexity index is 464. The molecule has 2 heterocycles. The molecule has 6 heteroatoms. The summed E-state index contributed by atoms with van der Waals surface area (Å²) in [7, 11) is 0. The van der Waals surface area contributed by atoms with Crippen LogP contribution < -0.4 is 16.0 Å². The third-order valence-electron chi connectivity index (χ3n) is 4.18. The van der Waals surface area contributed by atoms with Gasteiger partial charge in [0.15, 0.2) is 5.13 Å². The number of nitrogens with two attached hydrogens (primary N) is 1. The SMILES string of the molecule is CCC(CC)CNC(=O)c1sc(N2CCCCC2)nc1N. The summed E-state index contributed by atoms with van der Waals surface area (Å²) in [5.41, 5.74) is 5.93. The van der Waals surface area contributed by atoms with Crippen LogP contribution >= 0.6 is 11.3 Å². The molecule has 118 valence electrons. The van der Waals surface area contributed by atoms with Crippen molar-refractivity contribution in [1.82, 2.24) is 10.3 Å². The van der Waals surface area contributed by atoms with Crippen molar-refractivity contribution in [3.63, 3.8) is 0 Å². The van der Waals surface area contributed by atoms with E-state index >= 15 is 0 Å². The molecule has 21 heavy (non-hydrogen) atoms. The summed E-state index contributed by atoms with van der Waals surface area (Å²) in [6.07, 6.45) is 5.81. The molecule has 1 aromatic heterocycles. The van der Waals surface area contributed by atoms with Crippen LogP contribution in [0.1, 0.15) is 55.6 Å². The van der Waals surface area contributed by atoms with Crippen molar-refractivity contribution in [3.8, 4) is 0 Å². The topological polar surface area (TPSA) is 71.2 Å². The van der Waals surface area contributed by atoms with Gasteiger partial charge in [-0.3, -0.25) is 4.79 Å². The minimum absolute atomic E-state index is 0.0832. The van der Waals surface area contributed by atoms with E-state index in [9.17, 15) is 4.79 Å². The number of nitrogens with zero attached hydrogens (tertiary/aromatic N) is 2. The van der Waals surface area contributed by atoms with Crippen molar-refractivity contribution in [2.45, 2.75) is 46.0 Å². The summed E-state index contributed by atoms with van der Waals surface area (Å²) < 4.78 is 0. The van der Waals surface area contributed by atoms with Crippen LogP contribution in [0.15, 0.2) is 0 Å². The number of nitrogens with one attached hydrogen (secondary N) is 1. The van der Waals surface area contributed by atoms with Gasteiger partial charge in [-0.2, -0.15) is 0 Å². The van der Waals surface area contributed by atoms with E-state index in [0.29, 0.717) is 23.2 Å². The molecular formula is C15H26N4OS. The average Bonchev–Trinajstić information content (AvgIpc) is 2.91. The molecule has 2 rings (SSSR count). The lowest BCUT2D eigenvalue weighted by Gasteiger charge is -2.25. The molecule has 1 aromatic rings. The molecule has 0 spiro atoms. The first kappa shape index (κ1) is 16.1. The summed E-state index contributed by atoms with van der Waals surface area (Å²) in [5, 5.41) is 3.88. The zero-order valence-electron chi connectivity index (χ0n) is 13.0. The van der Waals surface area contributed by atoms with Crippen LogP contribution in [0.3, 0.4) is 0 Å². The fourth-order valence-corrected chi connectivity index (χ4v) is 3.55. The number of carbonyl (C=O) groups excluding carboxylic acids is 1. The van der Waals surface area contributed by atoms with Gasteiger partial charge >= 0.3 is 0 Å². The minimum atomic E-state index is -0.0832. The zero-order valence-corrected chi connectivity index (χ0v) is 13.8. The maximum atomic E-state index is 12.3. The Kier molecular flexibility index (Phi) is 5.85. The number of piperidine rings is 1. The van der Waals surface area contributed by atoms with Crippen LogP contribution in [0.4, 0.5) is 10.9 Å². The van der Waals surface area contributed by atoms with Gasteiger partial charge in [-0.25, -0.2) is 4.98 Å². The molecule has 0 unspecified atom stereocenters. The number of carbonyl (C=O) groups is 1. The number of hydrogen-bond donors (Lipinski definition) is 2. The second-order valence-electron chi connectivity index (χ2n) is 5.65. The van der Waals surface area contributed by atoms with Gasteiger partial charge in [0.05, 0.1) is 0 Å². The standard InChI is InChI=1S/C15H26N4OS/c1-3-11(4-2)10-17-14(20)12-13(16)18-15(21-12)19-8-6-5-7-9-19/h11H,3-10,16H2,1-2H3,(H,17,20). The van der Waals surface area contributed by atoms with E-state index < -0.39 is 0 Å². The number of aromatic nitrogens is 1. The second-order valence-corrected chi connectivity index (χ2v) is 6.63. The van der Waals surface area contributed by atoms with Crippen molar-refractivity contribution in [1.29, 1.82) is 0 Å². The van der Waals surface area contributed by atoms with Gasteiger partial charge in [0.1, 0.15) is 10.7 Å². The highest BCUT2D eigenvalue weighted by molar-refractivity contribution is 7.18. The minimum Gasteiger partial charge on any atom is -0.382 e. The molecule has 1 fully saturated rings.